The number of carbonyl (C=O) groups is 1. The zero-order valence-corrected chi connectivity index (χ0v) is 21.1. The highest BCUT2D eigenvalue weighted by Crippen LogP contribution is 2.34. The monoisotopic (exact) mass is 600 g/mol. The Morgan fingerprint density at radius 1 is 0.971 bits per heavy atom. The highest BCUT2D eigenvalue weighted by molar-refractivity contribution is 14.1. The van der Waals surface area contributed by atoms with Gasteiger partial charge in [-0.25, -0.2) is 4.98 Å². The number of anilines is 1. The molecule has 0 aliphatic carbocycles. The first-order chi connectivity index (χ1) is 16.5. The smallest absolute Gasteiger partial charge is 0.248 e. The summed E-state index contributed by atoms with van der Waals surface area (Å²) in [5, 5.41) is 3.69. The van der Waals surface area contributed by atoms with Crippen LogP contribution in [0.3, 0.4) is 0 Å². The van der Waals surface area contributed by atoms with Crippen molar-refractivity contribution in [3.63, 3.8) is 0 Å². The molecule has 0 aliphatic rings. The molecule has 8 heteroatoms. The summed E-state index contributed by atoms with van der Waals surface area (Å²) in [6, 6.07) is 22.1. The molecule has 1 N–H and O–H groups in total. The first-order valence-corrected chi connectivity index (χ1v) is 12.0. The number of aromatic nitrogens is 1. The van der Waals surface area contributed by atoms with Crippen LogP contribution in [0, 0.1) is 3.57 Å². The van der Waals surface area contributed by atoms with Crippen LogP contribution in [0.15, 0.2) is 87.7 Å². The number of oxazole rings is 1. The van der Waals surface area contributed by atoms with Gasteiger partial charge in [-0.05, 0) is 89.3 Å². The number of rotatable bonds is 5. The highest BCUT2D eigenvalue weighted by Gasteiger charge is 2.12. The predicted octanol–water partition coefficient (Wildman–Crippen LogP) is 8.32. The summed E-state index contributed by atoms with van der Waals surface area (Å²) in [5.74, 6) is 1.30. The minimum absolute atomic E-state index is 0.306. The Bertz CT molecular complexity index is 1560. The lowest BCUT2D eigenvalue weighted by atomic mass is 10.2. The van der Waals surface area contributed by atoms with E-state index in [1.54, 1.807) is 48.5 Å². The first kappa shape index (κ1) is 22.7. The SMILES string of the molecule is O=C(C=Cc1ccc(-c2cccc(Cl)c2Cl)o1)Nc1ccc2oc(-c3cccc(I)c3)nc2c1. The van der Waals surface area contributed by atoms with Gasteiger partial charge in [0.25, 0.3) is 0 Å². The molecule has 0 unspecified atom stereocenters. The zero-order valence-electron chi connectivity index (χ0n) is 17.4. The maximum atomic E-state index is 12.4. The van der Waals surface area contributed by atoms with Crippen molar-refractivity contribution < 1.29 is 13.6 Å². The third-order valence-corrected chi connectivity index (χ3v) is 6.46. The van der Waals surface area contributed by atoms with Crippen LogP contribution in [0.1, 0.15) is 5.76 Å². The Kier molecular flexibility index (Phi) is 6.45. The van der Waals surface area contributed by atoms with Gasteiger partial charge in [0.2, 0.25) is 11.8 Å². The molecule has 0 atom stereocenters. The van der Waals surface area contributed by atoms with E-state index in [1.807, 2.05) is 30.3 Å². The van der Waals surface area contributed by atoms with Crippen LogP contribution >= 0.6 is 45.8 Å². The van der Waals surface area contributed by atoms with E-state index in [9.17, 15) is 4.79 Å². The van der Waals surface area contributed by atoms with Gasteiger partial charge in [-0.3, -0.25) is 4.79 Å². The quantitative estimate of drug-likeness (QED) is 0.163. The molecule has 0 radical (unpaired) electrons. The third-order valence-electron chi connectivity index (χ3n) is 4.97. The van der Waals surface area contributed by atoms with Gasteiger partial charge in [0.05, 0.1) is 10.0 Å². The molecule has 3 aromatic carbocycles. The summed E-state index contributed by atoms with van der Waals surface area (Å²) in [7, 11) is 0. The fraction of sp³-hybridized carbons (Fsp3) is 0. The molecule has 168 valence electrons. The average Bonchev–Trinajstić information content (AvgIpc) is 3.46. The van der Waals surface area contributed by atoms with Crippen molar-refractivity contribution in [2.24, 2.45) is 0 Å². The molecule has 0 saturated carbocycles. The van der Waals surface area contributed by atoms with E-state index in [0.717, 1.165) is 9.13 Å². The van der Waals surface area contributed by atoms with Crippen molar-refractivity contribution in [1.29, 1.82) is 0 Å². The normalized spacial score (nSPS) is 11.4. The lowest BCUT2D eigenvalue weighted by Gasteiger charge is -2.02. The second-order valence-corrected chi connectivity index (χ2v) is 9.37. The molecular formula is C26H15Cl2IN2O3. The van der Waals surface area contributed by atoms with Gasteiger partial charge in [0, 0.05) is 26.5 Å². The third kappa shape index (κ3) is 4.89. The van der Waals surface area contributed by atoms with Gasteiger partial charge in [-0.1, -0.05) is 35.3 Å². The van der Waals surface area contributed by atoms with E-state index in [-0.39, 0.29) is 5.91 Å². The summed E-state index contributed by atoms with van der Waals surface area (Å²) < 4.78 is 12.7. The van der Waals surface area contributed by atoms with Gasteiger partial charge in [-0.15, -0.1) is 0 Å². The maximum absolute atomic E-state index is 12.4. The van der Waals surface area contributed by atoms with Crippen molar-refractivity contribution in [3.05, 3.63) is 98.2 Å². The van der Waals surface area contributed by atoms with Crippen LogP contribution < -0.4 is 5.32 Å². The Labute approximate surface area is 218 Å². The van der Waals surface area contributed by atoms with E-state index in [0.29, 0.717) is 49.8 Å². The summed E-state index contributed by atoms with van der Waals surface area (Å²) >= 11 is 14.6. The maximum Gasteiger partial charge on any atom is 0.248 e. The lowest BCUT2D eigenvalue weighted by molar-refractivity contribution is -0.111. The van der Waals surface area contributed by atoms with Crippen LogP contribution in [-0.2, 0) is 4.79 Å². The molecule has 5 aromatic rings. The molecule has 2 aromatic heterocycles. The van der Waals surface area contributed by atoms with Crippen LogP contribution in [0.4, 0.5) is 5.69 Å². The number of nitrogens with one attached hydrogen (secondary N) is 1. The fourth-order valence-corrected chi connectivity index (χ4v) is 4.31. The molecule has 1 amide bonds. The minimum Gasteiger partial charge on any atom is -0.457 e. The van der Waals surface area contributed by atoms with Gasteiger partial charge in [0.1, 0.15) is 17.0 Å². The van der Waals surface area contributed by atoms with Crippen LogP contribution in [0.5, 0.6) is 0 Å². The molecule has 0 saturated heterocycles. The molecule has 5 nitrogen and oxygen atoms in total. The van der Waals surface area contributed by atoms with Crippen molar-refractivity contribution in [1.82, 2.24) is 4.98 Å². The van der Waals surface area contributed by atoms with Crippen molar-refractivity contribution in [3.8, 4) is 22.8 Å². The largest absolute Gasteiger partial charge is 0.457 e. The van der Waals surface area contributed by atoms with Gasteiger partial charge >= 0.3 is 0 Å². The lowest BCUT2D eigenvalue weighted by Crippen LogP contribution is -2.07. The molecule has 5 rings (SSSR count). The number of halogens is 3. The number of nitrogens with zero attached hydrogens (tertiary/aromatic N) is 1. The Morgan fingerprint density at radius 2 is 1.82 bits per heavy atom. The number of carbonyl (C=O) groups excluding carboxylic acids is 1. The van der Waals surface area contributed by atoms with Crippen molar-refractivity contribution in [2.45, 2.75) is 0 Å². The highest BCUT2D eigenvalue weighted by atomic mass is 127. The molecule has 0 spiro atoms. The van der Waals surface area contributed by atoms with Gasteiger partial charge in [0.15, 0.2) is 5.58 Å². The summed E-state index contributed by atoms with van der Waals surface area (Å²) in [6.07, 6.45) is 2.98. The first-order valence-electron chi connectivity index (χ1n) is 10.2. The Morgan fingerprint density at radius 3 is 2.68 bits per heavy atom. The van der Waals surface area contributed by atoms with E-state index in [4.69, 9.17) is 32.0 Å². The average molecular weight is 601 g/mol. The number of benzene rings is 3. The second kappa shape index (κ2) is 9.66. The fourth-order valence-electron chi connectivity index (χ4n) is 3.37. The Hall–Kier alpha value is -3.07. The second-order valence-electron chi connectivity index (χ2n) is 7.34. The zero-order chi connectivity index (χ0) is 23.7. The molecule has 2 heterocycles. The summed E-state index contributed by atoms with van der Waals surface area (Å²) in [5.41, 5.74) is 3.49. The van der Waals surface area contributed by atoms with E-state index in [2.05, 4.69) is 32.9 Å². The number of furan rings is 1. The van der Waals surface area contributed by atoms with Gasteiger partial charge in [-0.2, -0.15) is 0 Å². The molecule has 34 heavy (non-hydrogen) atoms. The molecule has 0 fully saturated rings. The Balaban J connectivity index is 1.29. The van der Waals surface area contributed by atoms with E-state index >= 15 is 0 Å². The minimum atomic E-state index is -0.306. The number of hydrogen-bond acceptors (Lipinski definition) is 4. The number of amides is 1. The van der Waals surface area contributed by atoms with Crippen molar-refractivity contribution in [2.75, 3.05) is 5.32 Å². The number of hydrogen-bond donors (Lipinski definition) is 1. The summed E-state index contributed by atoms with van der Waals surface area (Å²) in [4.78, 5) is 17.0. The van der Waals surface area contributed by atoms with Crippen LogP contribution in [0.25, 0.3) is 40.0 Å². The summed E-state index contributed by atoms with van der Waals surface area (Å²) in [6.45, 7) is 0. The van der Waals surface area contributed by atoms with Crippen molar-refractivity contribution >= 4 is 74.6 Å². The molecule has 0 bridgehead atoms. The standard InChI is InChI=1S/C26H15Cl2IN2O3/c27-20-6-2-5-19(25(20)28)22-11-8-18(33-22)9-12-24(32)30-17-7-10-23-21(14-17)31-26(34-23)15-3-1-4-16(29)13-15/h1-14H,(H,30,32). The van der Waals surface area contributed by atoms with Crippen LogP contribution in [-0.4, -0.2) is 10.9 Å². The van der Waals surface area contributed by atoms with E-state index in [1.165, 1.54) is 6.08 Å². The van der Waals surface area contributed by atoms with E-state index < -0.39 is 0 Å². The molecular weight excluding hydrogens is 586 g/mol. The van der Waals surface area contributed by atoms with Crippen LogP contribution in [0.2, 0.25) is 10.0 Å². The predicted molar refractivity (Wildman–Crippen MR) is 144 cm³/mol. The topological polar surface area (TPSA) is 68.3 Å². The van der Waals surface area contributed by atoms with Gasteiger partial charge < -0.3 is 14.2 Å². The number of fused-ring (bicyclic) bond motifs is 1. The molecule has 0 aliphatic heterocycles.